The van der Waals surface area contributed by atoms with Crippen LogP contribution in [-0.4, -0.2) is 24.7 Å². The molecule has 90 valence electrons. The van der Waals surface area contributed by atoms with E-state index in [4.69, 9.17) is 16.8 Å². The average molecular weight is 240 g/mol. The maximum Gasteiger partial charge on any atom is 0.328 e. The maximum atomic E-state index is 10.4. The van der Waals surface area contributed by atoms with Crippen LogP contribution < -0.4 is 4.90 Å². The van der Waals surface area contributed by atoms with Crippen LogP contribution in [0.1, 0.15) is 11.1 Å². The van der Waals surface area contributed by atoms with Crippen LogP contribution in [0.4, 0.5) is 5.69 Å². The number of hydrogen-bond donors (Lipinski definition) is 1. The first-order chi connectivity index (χ1) is 8.58. The van der Waals surface area contributed by atoms with Gasteiger partial charge in [-0.15, -0.1) is 6.42 Å². The van der Waals surface area contributed by atoms with Crippen molar-refractivity contribution in [3.8, 4) is 18.4 Å². The molecule has 0 aliphatic rings. The number of hydrogen-bond acceptors (Lipinski definition) is 3. The van der Waals surface area contributed by atoms with Gasteiger partial charge >= 0.3 is 5.97 Å². The molecule has 18 heavy (non-hydrogen) atoms. The highest BCUT2D eigenvalue weighted by Gasteiger charge is 2.06. The first-order valence-corrected chi connectivity index (χ1v) is 5.18. The molecular formula is C14H12N2O2. The minimum absolute atomic E-state index is 0.402. The summed E-state index contributed by atoms with van der Waals surface area (Å²) in [6.07, 6.45) is 7.69. The fourth-order valence-electron chi connectivity index (χ4n) is 1.47. The van der Waals surface area contributed by atoms with Crippen LogP contribution in [0, 0.1) is 23.7 Å². The number of terminal acetylenes is 1. The molecule has 0 bridgehead atoms. The van der Waals surface area contributed by atoms with E-state index in [-0.39, 0.29) is 0 Å². The van der Waals surface area contributed by atoms with E-state index in [9.17, 15) is 4.79 Å². The van der Waals surface area contributed by atoms with Gasteiger partial charge in [0.2, 0.25) is 0 Å². The summed E-state index contributed by atoms with van der Waals surface area (Å²) in [6, 6.07) is 7.18. The summed E-state index contributed by atoms with van der Waals surface area (Å²) in [6.45, 7) is 0.402. The lowest BCUT2D eigenvalue weighted by Gasteiger charge is -2.17. The summed E-state index contributed by atoms with van der Waals surface area (Å²) in [5, 5.41) is 17.6. The zero-order chi connectivity index (χ0) is 13.5. The second-order valence-corrected chi connectivity index (χ2v) is 3.62. The first kappa shape index (κ1) is 13.3. The largest absolute Gasteiger partial charge is 0.478 e. The van der Waals surface area contributed by atoms with Crippen molar-refractivity contribution >= 4 is 17.7 Å². The summed E-state index contributed by atoms with van der Waals surface area (Å²) < 4.78 is 0. The Morgan fingerprint density at radius 2 is 2.33 bits per heavy atom. The Kier molecular flexibility index (Phi) is 4.54. The molecule has 0 aromatic heterocycles. The number of anilines is 1. The molecule has 0 heterocycles. The lowest BCUT2D eigenvalue weighted by molar-refractivity contribution is -0.131. The molecule has 0 atom stereocenters. The molecule has 0 fully saturated rings. The standard InChI is InChI=1S/C14H12N2O2/c1-3-8-16(2)13-6-4-11(5-7-14(17)18)9-12(13)10-15/h1,4-7,9H,8H2,2H3,(H,17,18)/b7-5+. The molecule has 0 amide bonds. The van der Waals surface area contributed by atoms with Gasteiger partial charge in [-0.05, 0) is 23.8 Å². The highest BCUT2D eigenvalue weighted by atomic mass is 16.4. The van der Waals surface area contributed by atoms with Gasteiger partial charge in [-0.2, -0.15) is 5.26 Å². The summed E-state index contributed by atoms with van der Waals surface area (Å²) in [5.41, 5.74) is 1.84. The van der Waals surface area contributed by atoms with Crippen molar-refractivity contribution in [2.24, 2.45) is 0 Å². The van der Waals surface area contributed by atoms with Crippen molar-refractivity contribution in [3.63, 3.8) is 0 Å². The van der Waals surface area contributed by atoms with Crippen molar-refractivity contribution in [1.82, 2.24) is 0 Å². The molecule has 1 N–H and O–H groups in total. The number of carboxylic acids is 1. The number of carbonyl (C=O) groups is 1. The number of benzene rings is 1. The van der Waals surface area contributed by atoms with Gasteiger partial charge in [0.05, 0.1) is 17.8 Å². The number of aliphatic carboxylic acids is 1. The highest BCUT2D eigenvalue weighted by molar-refractivity contribution is 5.85. The van der Waals surface area contributed by atoms with Crippen molar-refractivity contribution in [1.29, 1.82) is 5.26 Å². The zero-order valence-corrected chi connectivity index (χ0v) is 9.92. The third-order valence-corrected chi connectivity index (χ3v) is 2.30. The van der Waals surface area contributed by atoms with Gasteiger partial charge in [0.15, 0.2) is 0 Å². The lowest BCUT2D eigenvalue weighted by atomic mass is 10.1. The third-order valence-electron chi connectivity index (χ3n) is 2.30. The molecule has 1 aromatic rings. The van der Waals surface area contributed by atoms with E-state index in [2.05, 4.69) is 12.0 Å². The number of rotatable bonds is 4. The topological polar surface area (TPSA) is 64.3 Å². The van der Waals surface area contributed by atoms with E-state index in [1.807, 2.05) is 0 Å². The maximum absolute atomic E-state index is 10.4. The summed E-state index contributed by atoms with van der Waals surface area (Å²) in [7, 11) is 1.79. The Morgan fingerprint density at radius 3 is 2.89 bits per heavy atom. The second-order valence-electron chi connectivity index (χ2n) is 3.62. The predicted octanol–water partition coefficient (Wildman–Crippen LogP) is 1.73. The Balaban J connectivity index is 3.09. The number of carboxylic acid groups (broad SMARTS) is 1. The summed E-state index contributed by atoms with van der Waals surface area (Å²) in [4.78, 5) is 12.2. The van der Waals surface area contributed by atoms with Gasteiger partial charge in [-0.3, -0.25) is 0 Å². The quantitative estimate of drug-likeness (QED) is 0.643. The zero-order valence-electron chi connectivity index (χ0n) is 9.92. The lowest BCUT2D eigenvalue weighted by Crippen LogP contribution is -2.18. The number of nitrogens with zero attached hydrogens (tertiary/aromatic N) is 2. The average Bonchev–Trinajstić information content (AvgIpc) is 2.36. The fourth-order valence-corrected chi connectivity index (χ4v) is 1.47. The normalized spacial score (nSPS) is 9.72. The van der Waals surface area contributed by atoms with Crippen LogP contribution in [0.2, 0.25) is 0 Å². The van der Waals surface area contributed by atoms with Crippen LogP contribution in [0.25, 0.3) is 6.08 Å². The summed E-state index contributed by atoms with van der Waals surface area (Å²) in [5.74, 6) is 1.47. The van der Waals surface area contributed by atoms with Gasteiger partial charge in [0.1, 0.15) is 6.07 Å². The Labute approximate surface area is 106 Å². The minimum atomic E-state index is -1.03. The van der Waals surface area contributed by atoms with E-state index in [1.54, 1.807) is 30.1 Å². The van der Waals surface area contributed by atoms with Crippen molar-refractivity contribution in [2.45, 2.75) is 0 Å². The van der Waals surface area contributed by atoms with Crippen molar-refractivity contribution in [3.05, 3.63) is 35.4 Å². The van der Waals surface area contributed by atoms with E-state index >= 15 is 0 Å². The molecule has 0 aliphatic heterocycles. The minimum Gasteiger partial charge on any atom is -0.478 e. The van der Waals surface area contributed by atoms with Gasteiger partial charge in [-0.25, -0.2) is 4.79 Å². The Morgan fingerprint density at radius 1 is 1.61 bits per heavy atom. The molecule has 0 unspecified atom stereocenters. The third kappa shape index (κ3) is 3.40. The van der Waals surface area contributed by atoms with Crippen LogP contribution >= 0.6 is 0 Å². The fraction of sp³-hybridized carbons (Fsp3) is 0.143. The molecule has 0 spiro atoms. The number of nitriles is 1. The van der Waals surface area contributed by atoms with E-state index in [0.717, 1.165) is 11.8 Å². The highest BCUT2D eigenvalue weighted by Crippen LogP contribution is 2.20. The van der Waals surface area contributed by atoms with Crippen molar-refractivity contribution < 1.29 is 9.90 Å². The van der Waals surface area contributed by atoms with Gasteiger partial charge in [0.25, 0.3) is 0 Å². The SMILES string of the molecule is C#CCN(C)c1ccc(/C=C/C(=O)O)cc1C#N. The molecule has 4 nitrogen and oxygen atoms in total. The van der Waals surface area contributed by atoms with Gasteiger partial charge in [0, 0.05) is 13.1 Å². The Hall–Kier alpha value is -2.72. The van der Waals surface area contributed by atoms with E-state index < -0.39 is 5.97 Å². The molecule has 4 heteroatoms. The van der Waals surface area contributed by atoms with Crippen molar-refractivity contribution in [2.75, 3.05) is 18.5 Å². The first-order valence-electron chi connectivity index (χ1n) is 5.18. The summed E-state index contributed by atoms with van der Waals surface area (Å²) >= 11 is 0. The molecule has 1 aromatic carbocycles. The van der Waals surface area contributed by atoms with Gasteiger partial charge < -0.3 is 10.0 Å². The molecule has 0 aliphatic carbocycles. The van der Waals surface area contributed by atoms with Crippen LogP contribution in [-0.2, 0) is 4.79 Å². The van der Waals surface area contributed by atoms with Gasteiger partial charge in [-0.1, -0.05) is 12.0 Å². The van der Waals surface area contributed by atoms with Crippen LogP contribution in [0.3, 0.4) is 0 Å². The molecular weight excluding hydrogens is 228 g/mol. The molecule has 0 radical (unpaired) electrons. The molecule has 0 saturated carbocycles. The van der Waals surface area contributed by atoms with Crippen LogP contribution in [0.5, 0.6) is 0 Å². The Bertz CT molecular complexity index is 562. The van der Waals surface area contributed by atoms with E-state index in [0.29, 0.717) is 17.7 Å². The van der Waals surface area contributed by atoms with Crippen LogP contribution in [0.15, 0.2) is 24.3 Å². The smallest absolute Gasteiger partial charge is 0.328 e. The monoisotopic (exact) mass is 240 g/mol. The molecule has 0 saturated heterocycles. The molecule has 1 rings (SSSR count). The second kappa shape index (κ2) is 6.12. The predicted molar refractivity (Wildman–Crippen MR) is 69.9 cm³/mol. The van der Waals surface area contributed by atoms with E-state index in [1.165, 1.54) is 6.08 Å².